The van der Waals surface area contributed by atoms with Crippen molar-refractivity contribution >= 4 is 7.60 Å². The first kappa shape index (κ1) is 11.0. The van der Waals surface area contributed by atoms with E-state index >= 15 is 0 Å². The van der Waals surface area contributed by atoms with Gasteiger partial charge in [0.2, 0.25) is 0 Å². The van der Waals surface area contributed by atoms with Crippen molar-refractivity contribution in [1.82, 2.24) is 0 Å². The lowest BCUT2D eigenvalue weighted by molar-refractivity contribution is 0.363. The summed E-state index contributed by atoms with van der Waals surface area (Å²) in [7, 11) is -3.74. The molecule has 0 aliphatic heterocycles. The summed E-state index contributed by atoms with van der Waals surface area (Å²) in [5.74, 6) is 0. The van der Waals surface area contributed by atoms with Gasteiger partial charge < -0.3 is 15.3 Å². The van der Waals surface area contributed by atoms with Gasteiger partial charge in [-0.15, -0.1) is 0 Å². The molecule has 0 heterocycles. The molecule has 0 radical (unpaired) electrons. The first-order valence-electron chi connectivity index (χ1n) is 2.00. The summed E-state index contributed by atoms with van der Waals surface area (Å²) in [4.78, 5) is 16.4. The zero-order valence-corrected chi connectivity index (χ0v) is 5.72. The molecule has 0 fully saturated rings. The maximum Gasteiger partial charge on any atom is 0.328 e. The number of hydrogen-bond donors (Lipinski definition) is 2. The van der Waals surface area contributed by atoms with Gasteiger partial charge in [0, 0.05) is 0 Å². The minimum absolute atomic E-state index is 0. The van der Waals surface area contributed by atoms with E-state index in [1.54, 1.807) is 0 Å². The second-order valence-corrected chi connectivity index (χ2v) is 3.89. The zero-order valence-electron chi connectivity index (χ0n) is 4.83. The van der Waals surface area contributed by atoms with E-state index in [4.69, 9.17) is 9.79 Å². The molecule has 8 heavy (non-hydrogen) atoms. The van der Waals surface area contributed by atoms with Crippen LogP contribution < -0.4 is 0 Å². The van der Waals surface area contributed by atoms with Crippen LogP contribution in [-0.4, -0.2) is 20.9 Å². The van der Waals surface area contributed by atoms with Gasteiger partial charge in [0.1, 0.15) is 0 Å². The molecule has 52 valence electrons. The molecule has 0 aromatic heterocycles. The summed E-state index contributed by atoms with van der Waals surface area (Å²) in [6, 6.07) is 0. The van der Waals surface area contributed by atoms with Gasteiger partial charge in [-0.2, -0.15) is 0 Å². The molecule has 0 amide bonds. The van der Waals surface area contributed by atoms with Gasteiger partial charge in [-0.25, -0.2) is 0 Å². The molecular formula is C3H11O4P. The molecule has 4 nitrogen and oxygen atoms in total. The number of hydrogen-bond acceptors (Lipinski definition) is 1. The predicted octanol–water partition coefficient (Wildman–Crippen LogP) is -0.252. The van der Waals surface area contributed by atoms with E-state index in [0.717, 1.165) is 0 Å². The summed E-state index contributed by atoms with van der Waals surface area (Å²) < 4.78 is 10.0. The van der Waals surface area contributed by atoms with E-state index in [1.165, 1.54) is 13.8 Å². The van der Waals surface area contributed by atoms with Crippen LogP contribution in [0, 0.1) is 0 Å². The SMILES string of the molecule is CC(C)P(=O)(O)O.O. The first-order chi connectivity index (χ1) is 2.94. The van der Waals surface area contributed by atoms with Gasteiger partial charge >= 0.3 is 7.60 Å². The van der Waals surface area contributed by atoms with Crippen molar-refractivity contribution in [2.45, 2.75) is 19.5 Å². The van der Waals surface area contributed by atoms with Gasteiger partial charge in [-0.05, 0) is 0 Å². The third-order valence-corrected chi connectivity index (χ3v) is 2.02. The highest BCUT2D eigenvalue weighted by atomic mass is 31.2. The first-order valence-corrected chi connectivity index (χ1v) is 3.68. The summed E-state index contributed by atoms with van der Waals surface area (Å²) >= 11 is 0. The monoisotopic (exact) mass is 142 g/mol. The highest BCUT2D eigenvalue weighted by Gasteiger charge is 2.17. The van der Waals surface area contributed by atoms with Crippen molar-refractivity contribution in [2.24, 2.45) is 0 Å². The molecule has 0 aromatic rings. The maximum absolute atomic E-state index is 10.0. The Bertz CT molecular complexity index is 93.5. The molecule has 0 aliphatic carbocycles. The van der Waals surface area contributed by atoms with E-state index in [9.17, 15) is 4.57 Å². The quantitative estimate of drug-likeness (QED) is 0.494. The van der Waals surface area contributed by atoms with Crippen LogP contribution in [-0.2, 0) is 4.57 Å². The number of rotatable bonds is 1. The van der Waals surface area contributed by atoms with Crippen LogP contribution in [0.15, 0.2) is 0 Å². The lowest BCUT2D eigenvalue weighted by atomic mass is 10.6. The smallest absolute Gasteiger partial charge is 0.328 e. The van der Waals surface area contributed by atoms with Gasteiger partial charge in [0.15, 0.2) is 0 Å². The molecule has 5 heteroatoms. The van der Waals surface area contributed by atoms with Crippen LogP contribution in [0.3, 0.4) is 0 Å². The Balaban J connectivity index is 0. The van der Waals surface area contributed by atoms with Gasteiger partial charge in [-0.1, -0.05) is 13.8 Å². The van der Waals surface area contributed by atoms with Crippen LogP contribution in [0.2, 0.25) is 0 Å². The largest absolute Gasteiger partial charge is 0.412 e. The molecule has 0 bridgehead atoms. The van der Waals surface area contributed by atoms with Crippen LogP contribution in [0.5, 0.6) is 0 Å². The summed E-state index contributed by atoms with van der Waals surface area (Å²) in [5, 5.41) is 0. The summed E-state index contributed by atoms with van der Waals surface area (Å²) in [6.45, 7) is 2.97. The molecule has 0 aliphatic rings. The average Bonchev–Trinajstić information content (AvgIpc) is 1.31. The maximum atomic E-state index is 10.0. The topological polar surface area (TPSA) is 89.0 Å². The molecule has 4 N–H and O–H groups in total. The molecule has 0 aromatic carbocycles. The van der Waals surface area contributed by atoms with Crippen LogP contribution in [0.4, 0.5) is 0 Å². The second-order valence-electron chi connectivity index (χ2n) is 1.68. The Hall–Kier alpha value is 0.110. The van der Waals surface area contributed by atoms with E-state index in [0.29, 0.717) is 0 Å². The fourth-order valence-electron chi connectivity index (χ4n) is 0. The Morgan fingerprint density at radius 3 is 1.50 bits per heavy atom. The van der Waals surface area contributed by atoms with Crippen molar-refractivity contribution in [3.8, 4) is 0 Å². The second kappa shape index (κ2) is 3.20. The lowest BCUT2D eigenvalue weighted by Crippen LogP contribution is -1.93. The molecule has 0 rings (SSSR count). The average molecular weight is 142 g/mol. The fraction of sp³-hybridized carbons (Fsp3) is 1.00. The highest BCUT2D eigenvalue weighted by Crippen LogP contribution is 2.39. The van der Waals surface area contributed by atoms with Crippen molar-refractivity contribution < 1.29 is 19.8 Å². The Morgan fingerprint density at radius 1 is 1.38 bits per heavy atom. The van der Waals surface area contributed by atoms with Gasteiger partial charge in [-0.3, -0.25) is 4.57 Å². The van der Waals surface area contributed by atoms with E-state index in [-0.39, 0.29) is 5.48 Å². The molecule has 0 spiro atoms. The van der Waals surface area contributed by atoms with Crippen molar-refractivity contribution in [1.29, 1.82) is 0 Å². The Morgan fingerprint density at radius 2 is 1.50 bits per heavy atom. The lowest BCUT2D eigenvalue weighted by Gasteiger charge is -2.04. The summed E-state index contributed by atoms with van der Waals surface area (Å²) in [6.07, 6.45) is 0. The van der Waals surface area contributed by atoms with Crippen molar-refractivity contribution in [3.05, 3.63) is 0 Å². The standard InChI is InChI=1S/C3H9O3P.H2O/c1-3(2)7(4,5)6;/h3H,1-2H3,(H2,4,5,6);1H2. The highest BCUT2D eigenvalue weighted by molar-refractivity contribution is 7.52. The molecular weight excluding hydrogens is 131 g/mol. The zero-order chi connectivity index (χ0) is 6.08. The third kappa shape index (κ3) is 4.27. The minimum atomic E-state index is -3.74. The third-order valence-electron chi connectivity index (χ3n) is 0.673. The summed E-state index contributed by atoms with van der Waals surface area (Å²) in [5.41, 5.74) is -0.535. The van der Waals surface area contributed by atoms with Crippen LogP contribution in [0.1, 0.15) is 13.8 Å². The van der Waals surface area contributed by atoms with E-state index in [2.05, 4.69) is 0 Å². The Labute approximate surface area is 48.0 Å². The van der Waals surface area contributed by atoms with E-state index < -0.39 is 13.3 Å². The van der Waals surface area contributed by atoms with Gasteiger partial charge in [0.05, 0.1) is 5.66 Å². The normalized spacial score (nSPS) is 11.1. The predicted molar refractivity (Wildman–Crippen MR) is 30.8 cm³/mol. The van der Waals surface area contributed by atoms with Crippen LogP contribution in [0.25, 0.3) is 0 Å². The van der Waals surface area contributed by atoms with Crippen molar-refractivity contribution in [3.63, 3.8) is 0 Å². The van der Waals surface area contributed by atoms with Crippen molar-refractivity contribution in [2.75, 3.05) is 0 Å². The molecule has 0 atom stereocenters. The Kier molecular flexibility index (Phi) is 4.39. The minimum Gasteiger partial charge on any atom is -0.412 e. The van der Waals surface area contributed by atoms with E-state index in [1.807, 2.05) is 0 Å². The van der Waals surface area contributed by atoms with Gasteiger partial charge in [0.25, 0.3) is 0 Å². The van der Waals surface area contributed by atoms with Crippen LogP contribution >= 0.6 is 7.60 Å². The fourth-order valence-corrected chi connectivity index (χ4v) is 0. The molecule has 0 saturated carbocycles. The molecule has 0 unspecified atom stereocenters. The molecule has 0 saturated heterocycles.